The van der Waals surface area contributed by atoms with Crippen molar-refractivity contribution < 1.29 is 40.4 Å². The third kappa shape index (κ3) is 5.82. The number of carbonyl (C=O) groups is 2. The summed E-state index contributed by atoms with van der Waals surface area (Å²) >= 11 is 0. The third-order valence-corrected chi connectivity index (χ3v) is 7.53. The van der Waals surface area contributed by atoms with Gasteiger partial charge in [0.15, 0.2) is 9.84 Å². The Labute approximate surface area is 210 Å². The van der Waals surface area contributed by atoms with Crippen molar-refractivity contribution in [2.45, 2.75) is 44.3 Å². The smallest absolute Gasteiger partial charge is 0.420 e. The van der Waals surface area contributed by atoms with E-state index in [0.717, 1.165) is 17.0 Å². The van der Waals surface area contributed by atoms with Gasteiger partial charge in [0.05, 0.1) is 11.3 Å². The van der Waals surface area contributed by atoms with Crippen LogP contribution in [0.15, 0.2) is 51.9 Å². The van der Waals surface area contributed by atoms with Crippen molar-refractivity contribution in [1.82, 2.24) is 15.0 Å². The number of ether oxygens (including phenoxy) is 1. The fourth-order valence-corrected chi connectivity index (χ4v) is 5.55. The van der Waals surface area contributed by atoms with Crippen LogP contribution in [-0.2, 0) is 32.1 Å². The number of rotatable bonds is 8. The molecule has 2 amide bonds. The summed E-state index contributed by atoms with van der Waals surface area (Å²) in [5, 5.41) is 3.67. The van der Waals surface area contributed by atoms with Gasteiger partial charge >= 0.3 is 6.18 Å². The SMILES string of the molecule is CC(C)CS(=O)(=O)c1ccccc1Oc1ccc(-c2noc(CN3C(=O)CCC3=O)n2)cc1C(F)(F)F. The molecular formula is C24H22F3N3O6S. The van der Waals surface area contributed by atoms with Gasteiger partial charge in [0.1, 0.15) is 22.9 Å². The van der Waals surface area contributed by atoms with Gasteiger partial charge in [0, 0.05) is 18.4 Å². The number of alkyl halides is 3. The van der Waals surface area contributed by atoms with Crippen LogP contribution < -0.4 is 4.74 Å². The highest BCUT2D eigenvalue weighted by molar-refractivity contribution is 7.91. The average Bonchev–Trinajstić information content (AvgIpc) is 3.40. The molecule has 3 aromatic rings. The summed E-state index contributed by atoms with van der Waals surface area (Å²) in [5.74, 6) is -2.36. The van der Waals surface area contributed by atoms with Gasteiger partial charge in [0.2, 0.25) is 23.5 Å². The molecule has 2 heterocycles. The van der Waals surface area contributed by atoms with Crippen molar-refractivity contribution in [3.8, 4) is 22.9 Å². The van der Waals surface area contributed by atoms with Crippen molar-refractivity contribution in [3.05, 3.63) is 53.9 Å². The summed E-state index contributed by atoms with van der Waals surface area (Å²) in [6.07, 6.45) is -4.73. The first kappa shape index (κ1) is 26.3. The van der Waals surface area contributed by atoms with Gasteiger partial charge in [-0.2, -0.15) is 18.2 Å². The lowest BCUT2D eigenvalue weighted by atomic mass is 10.1. The van der Waals surface area contributed by atoms with E-state index in [2.05, 4.69) is 10.1 Å². The first-order valence-electron chi connectivity index (χ1n) is 11.2. The van der Waals surface area contributed by atoms with Crippen LogP contribution in [-0.4, -0.2) is 41.0 Å². The Bertz CT molecular complexity index is 1430. The van der Waals surface area contributed by atoms with Gasteiger partial charge in [-0.3, -0.25) is 14.5 Å². The van der Waals surface area contributed by atoms with E-state index in [4.69, 9.17) is 9.26 Å². The summed E-state index contributed by atoms with van der Waals surface area (Å²) < 4.78 is 78.0. The molecule has 2 aromatic carbocycles. The number of amides is 2. The second-order valence-corrected chi connectivity index (χ2v) is 10.8. The number of sulfone groups is 1. The molecule has 0 N–H and O–H groups in total. The second-order valence-electron chi connectivity index (χ2n) is 8.82. The molecule has 1 saturated heterocycles. The van der Waals surface area contributed by atoms with Crippen molar-refractivity contribution >= 4 is 21.7 Å². The number of hydrogen-bond donors (Lipinski definition) is 0. The number of aromatic nitrogens is 2. The van der Waals surface area contributed by atoms with Crippen LogP contribution in [0.3, 0.4) is 0 Å². The summed E-state index contributed by atoms with van der Waals surface area (Å²) in [6, 6.07) is 8.54. The maximum Gasteiger partial charge on any atom is 0.420 e. The highest BCUT2D eigenvalue weighted by Crippen LogP contribution is 2.41. The molecule has 1 aliphatic rings. The Morgan fingerprint density at radius 3 is 2.38 bits per heavy atom. The monoisotopic (exact) mass is 537 g/mol. The molecule has 4 rings (SSSR count). The minimum absolute atomic E-state index is 0.0607. The molecular weight excluding hydrogens is 515 g/mol. The van der Waals surface area contributed by atoms with Crippen LogP contribution in [0, 0.1) is 5.92 Å². The van der Waals surface area contributed by atoms with Crippen LogP contribution in [0.4, 0.5) is 13.2 Å². The Kier molecular flexibility index (Phi) is 7.09. The molecule has 37 heavy (non-hydrogen) atoms. The number of imide groups is 1. The number of carbonyl (C=O) groups excluding carboxylic acids is 2. The van der Waals surface area contributed by atoms with E-state index < -0.39 is 39.1 Å². The molecule has 0 spiro atoms. The van der Waals surface area contributed by atoms with E-state index in [9.17, 15) is 31.2 Å². The van der Waals surface area contributed by atoms with Gasteiger partial charge < -0.3 is 9.26 Å². The molecule has 196 valence electrons. The Hall–Kier alpha value is -3.74. The van der Waals surface area contributed by atoms with Gasteiger partial charge in [0.25, 0.3) is 0 Å². The summed E-state index contributed by atoms with van der Waals surface area (Å²) in [6.45, 7) is 3.15. The lowest BCUT2D eigenvalue weighted by Crippen LogP contribution is -2.28. The van der Waals surface area contributed by atoms with Crippen LogP contribution in [0.2, 0.25) is 0 Å². The Balaban J connectivity index is 1.65. The zero-order chi connectivity index (χ0) is 27.0. The number of likely N-dealkylation sites (tertiary alicyclic amines) is 1. The third-order valence-electron chi connectivity index (χ3n) is 5.42. The first-order chi connectivity index (χ1) is 17.3. The van der Waals surface area contributed by atoms with E-state index in [1.165, 1.54) is 30.3 Å². The van der Waals surface area contributed by atoms with E-state index >= 15 is 0 Å². The zero-order valence-electron chi connectivity index (χ0n) is 19.8. The number of nitrogens with zero attached hydrogens (tertiary/aromatic N) is 3. The summed E-state index contributed by atoms with van der Waals surface area (Å²) in [5.41, 5.74) is -1.24. The van der Waals surface area contributed by atoms with Gasteiger partial charge in [-0.15, -0.1) is 0 Å². The molecule has 13 heteroatoms. The summed E-state index contributed by atoms with van der Waals surface area (Å²) in [7, 11) is -3.82. The predicted molar refractivity (Wildman–Crippen MR) is 123 cm³/mol. The van der Waals surface area contributed by atoms with Crippen molar-refractivity contribution in [2.75, 3.05) is 5.75 Å². The van der Waals surface area contributed by atoms with Crippen molar-refractivity contribution in [1.29, 1.82) is 0 Å². The summed E-state index contributed by atoms with van der Waals surface area (Å²) in [4.78, 5) is 28.3. The van der Waals surface area contributed by atoms with Crippen LogP contribution in [0.25, 0.3) is 11.4 Å². The number of hydrogen-bond acceptors (Lipinski definition) is 8. The maximum atomic E-state index is 14.0. The van der Waals surface area contributed by atoms with Crippen LogP contribution >= 0.6 is 0 Å². The van der Waals surface area contributed by atoms with E-state index in [1.807, 2.05) is 0 Å². The second kappa shape index (κ2) is 9.96. The number of benzene rings is 2. The van der Waals surface area contributed by atoms with Crippen molar-refractivity contribution in [3.63, 3.8) is 0 Å². The topological polar surface area (TPSA) is 120 Å². The van der Waals surface area contributed by atoms with Gasteiger partial charge in [-0.05, 0) is 36.2 Å². The van der Waals surface area contributed by atoms with Gasteiger partial charge in [-0.25, -0.2) is 8.42 Å². The Morgan fingerprint density at radius 1 is 1.05 bits per heavy atom. The van der Waals surface area contributed by atoms with E-state index in [-0.39, 0.29) is 59.0 Å². The first-order valence-corrected chi connectivity index (χ1v) is 12.9. The molecule has 0 atom stereocenters. The molecule has 1 aromatic heterocycles. The quantitative estimate of drug-likeness (QED) is 0.382. The van der Waals surface area contributed by atoms with Crippen molar-refractivity contribution in [2.24, 2.45) is 5.92 Å². The largest absolute Gasteiger partial charge is 0.455 e. The highest BCUT2D eigenvalue weighted by Gasteiger charge is 2.36. The molecule has 1 fully saturated rings. The van der Waals surface area contributed by atoms with Crippen LogP contribution in [0.5, 0.6) is 11.5 Å². The Morgan fingerprint density at radius 2 is 1.73 bits per heavy atom. The fraction of sp³-hybridized carbons (Fsp3) is 0.333. The normalized spacial score (nSPS) is 14.6. The van der Waals surface area contributed by atoms with Gasteiger partial charge in [-0.1, -0.05) is 31.1 Å². The zero-order valence-corrected chi connectivity index (χ0v) is 20.6. The lowest BCUT2D eigenvalue weighted by molar-refractivity contribution is -0.140. The molecule has 0 radical (unpaired) electrons. The van der Waals surface area contributed by atoms with E-state index in [0.29, 0.717) is 0 Å². The number of para-hydroxylation sites is 1. The molecule has 0 unspecified atom stereocenters. The standard InChI is InChI=1S/C24H22F3N3O6S/c1-14(2)13-37(33,34)19-6-4-3-5-18(19)35-17-8-7-15(11-16(17)24(25,26)27)23-28-20(36-29-23)12-30-21(31)9-10-22(30)32/h3-8,11,14H,9-10,12-13H2,1-2H3. The fourth-order valence-electron chi connectivity index (χ4n) is 3.79. The molecule has 1 aliphatic heterocycles. The molecule has 0 aliphatic carbocycles. The average molecular weight is 538 g/mol. The number of halogens is 3. The highest BCUT2D eigenvalue weighted by atomic mass is 32.2. The lowest BCUT2D eigenvalue weighted by Gasteiger charge is -2.17. The maximum absolute atomic E-state index is 14.0. The molecule has 0 bridgehead atoms. The van der Waals surface area contributed by atoms with E-state index in [1.54, 1.807) is 13.8 Å². The predicted octanol–water partition coefficient (Wildman–Crippen LogP) is 4.63. The molecule has 0 saturated carbocycles. The van der Waals surface area contributed by atoms with Crippen LogP contribution in [0.1, 0.15) is 38.1 Å². The minimum atomic E-state index is -4.86. The molecule has 9 nitrogen and oxygen atoms in total. The minimum Gasteiger partial charge on any atom is -0.455 e.